The second kappa shape index (κ2) is 6.94. The molecule has 130 valence electrons. The van der Waals surface area contributed by atoms with Crippen LogP contribution in [-0.2, 0) is 4.79 Å². The largest absolute Gasteiger partial charge is 0.337 e. The molecule has 0 radical (unpaired) electrons. The van der Waals surface area contributed by atoms with Crippen LogP contribution >= 0.6 is 23.4 Å². The highest BCUT2D eigenvalue weighted by Gasteiger charge is 2.42. The highest BCUT2D eigenvalue weighted by Crippen LogP contribution is 2.39. The lowest BCUT2D eigenvalue weighted by molar-refractivity contribution is -0.119. The monoisotopic (exact) mass is 376 g/mol. The van der Waals surface area contributed by atoms with Gasteiger partial charge in [-0.25, -0.2) is 4.68 Å². The average Bonchev–Trinajstić information content (AvgIpc) is 3.39. The summed E-state index contributed by atoms with van der Waals surface area (Å²) in [5.74, 6) is 6.55. The van der Waals surface area contributed by atoms with Crippen molar-refractivity contribution < 1.29 is 4.79 Å². The van der Waals surface area contributed by atoms with Crippen LogP contribution in [0, 0.1) is 17.2 Å². The second-order valence-electron chi connectivity index (χ2n) is 6.08. The Morgan fingerprint density at radius 3 is 2.88 bits per heavy atom. The van der Waals surface area contributed by atoms with Gasteiger partial charge in [-0.2, -0.15) is 5.26 Å². The Hall–Kier alpha value is -2.24. The van der Waals surface area contributed by atoms with E-state index >= 15 is 0 Å². The molecule has 0 aliphatic heterocycles. The first kappa shape index (κ1) is 17.6. The molecule has 1 amide bonds. The van der Waals surface area contributed by atoms with Crippen molar-refractivity contribution in [2.75, 3.05) is 11.6 Å². The fourth-order valence-corrected chi connectivity index (χ4v) is 3.42. The predicted molar refractivity (Wildman–Crippen MR) is 96.2 cm³/mol. The number of hydrogen-bond donors (Lipinski definition) is 2. The van der Waals surface area contributed by atoms with Gasteiger partial charge in [0, 0.05) is 5.56 Å². The van der Waals surface area contributed by atoms with Gasteiger partial charge < -0.3 is 11.2 Å². The number of nitrogens with zero attached hydrogens (tertiary/aromatic N) is 4. The summed E-state index contributed by atoms with van der Waals surface area (Å²) in [5, 5.41) is 21.1. The van der Waals surface area contributed by atoms with E-state index in [9.17, 15) is 10.1 Å². The minimum atomic E-state index is -0.809. The lowest BCUT2D eigenvalue weighted by Gasteiger charge is -2.22. The highest BCUT2D eigenvalue weighted by molar-refractivity contribution is 7.99. The number of thioether (sulfide) groups is 1. The van der Waals surface area contributed by atoms with Crippen molar-refractivity contribution in [1.82, 2.24) is 20.2 Å². The number of nitrogens with one attached hydrogen (secondary N) is 1. The predicted octanol–water partition coefficient (Wildman–Crippen LogP) is 2.21. The van der Waals surface area contributed by atoms with Crippen LogP contribution in [0.3, 0.4) is 0 Å². The van der Waals surface area contributed by atoms with Crippen molar-refractivity contribution in [2.45, 2.75) is 30.5 Å². The first-order valence-electron chi connectivity index (χ1n) is 7.75. The summed E-state index contributed by atoms with van der Waals surface area (Å²) in [6, 6.07) is 9.38. The Morgan fingerprint density at radius 2 is 2.24 bits per heavy atom. The minimum absolute atomic E-state index is 0.0991. The van der Waals surface area contributed by atoms with Crippen LogP contribution in [0.15, 0.2) is 29.4 Å². The number of carbonyl (C=O) groups excluding carboxylic acids is 1. The number of hydrogen-bond acceptors (Lipinski definition) is 6. The molecule has 0 spiro atoms. The van der Waals surface area contributed by atoms with Crippen LogP contribution in [0.4, 0.5) is 0 Å². The van der Waals surface area contributed by atoms with Gasteiger partial charge in [0.25, 0.3) is 0 Å². The molecule has 0 unspecified atom stereocenters. The zero-order valence-electron chi connectivity index (χ0n) is 13.6. The quantitative estimate of drug-likeness (QED) is 0.590. The van der Waals surface area contributed by atoms with Crippen LogP contribution in [0.5, 0.6) is 0 Å². The molecular weight excluding hydrogens is 360 g/mol. The Morgan fingerprint density at radius 1 is 1.52 bits per heavy atom. The number of halogens is 1. The minimum Gasteiger partial charge on any atom is -0.337 e. The van der Waals surface area contributed by atoms with Gasteiger partial charge in [-0.15, -0.1) is 10.2 Å². The fourth-order valence-electron chi connectivity index (χ4n) is 2.54. The van der Waals surface area contributed by atoms with Gasteiger partial charge in [-0.1, -0.05) is 35.5 Å². The van der Waals surface area contributed by atoms with E-state index in [1.807, 2.05) is 12.1 Å². The van der Waals surface area contributed by atoms with E-state index in [1.54, 1.807) is 19.1 Å². The molecule has 7 nitrogen and oxygen atoms in total. The summed E-state index contributed by atoms with van der Waals surface area (Å²) in [7, 11) is 0. The van der Waals surface area contributed by atoms with Crippen molar-refractivity contribution in [3.05, 3.63) is 29.3 Å². The van der Waals surface area contributed by atoms with Gasteiger partial charge in [-0.05, 0) is 37.8 Å². The van der Waals surface area contributed by atoms with Crippen LogP contribution < -0.4 is 11.2 Å². The Bertz CT molecular complexity index is 843. The van der Waals surface area contributed by atoms with E-state index in [4.69, 9.17) is 17.4 Å². The van der Waals surface area contributed by atoms with Gasteiger partial charge in [0.15, 0.2) is 5.82 Å². The fraction of sp³-hybridized carbons (Fsp3) is 0.375. The number of nitrogens with two attached hydrogens (primary N) is 1. The Kier molecular flexibility index (Phi) is 4.88. The van der Waals surface area contributed by atoms with E-state index in [0.717, 1.165) is 24.6 Å². The van der Waals surface area contributed by atoms with Crippen molar-refractivity contribution in [2.24, 2.45) is 5.92 Å². The number of rotatable bonds is 6. The topological polar surface area (TPSA) is 110 Å². The normalized spacial score (nSPS) is 16.0. The van der Waals surface area contributed by atoms with E-state index in [1.165, 1.54) is 4.68 Å². The molecule has 3 N–H and O–H groups in total. The molecule has 1 aliphatic rings. The van der Waals surface area contributed by atoms with Gasteiger partial charge in [0.05, 0.1) is 16.8 Å². The molecule has 1 atom stereocenters. The SMILES string of the molecule is C[C@](C#N)(NC(=O)CSc1nnc(-c2ccccc2Cl)n1N)C1CC1. The van der Waals surface area contributed by atoms with Crippen molar-refractivity contribution in [3.63, 3.8) is 0 Å². The summed E-state index contributed by atoms with van der Waals surface area (Å²) in [6.45, 7) is 1.76. The molecule has 3 rings (SSSR count). The van der Waals surface area contributed by atoms with Crippen LogP contribution in [-0.4, -0.2) is 32.1 Å². The van der Waals surface area contributed by atoms with E-state index in [0.29, 0.717) is 21.6 Å². The number of amides is 1. The van der Waals surface area contributed by atoms with Gasteiger partial charge in [-0.3, -0.25) is 4.79 Å². The molecule has 1 aromatic heterocycles. The summed E-state index contributed by atoms with van der Waals surface area (Å²) in [5.41, 5.74) is -0.141. The first-order chi connectivity index (χ1) is 11.9. The van der Waals surface area contributed by atoms with Gasteiger partial charge in [0.1, 0.15) is 5.54 Å². The standard InChI is InChI=1S/C16H17ClN6OS/c1-16(9-18,10-6-7-10)20-13(24)8-25-15-22-21-14(23(15)19)11-4-2-3-5-12(11)17/h2-5,10H,6-8,19H2,1H3,(H,20,24)/t16-/m1/s1. The number of carbonyl (C=O) groups is 1. The summed E-state index contributed by atoms with van der Waals surface area (Å²) in [6.07, 6.45) is 1.94. The molecular formula is C16H17ClN6OS. The maximum Gasteiger partial charge on any atom is 0.231 e. The van der Waals surface area contributed by atoms with E-state index in [2.05, 4.69) is 21.6 Å². The van der Waals surface area contributed by atoms with E-state index < -0.39 is 5.54 Å². The molecule has 25 heavy (non-hydrogen) atoms. The molecule has 0 saturated heterocycles. The van der Waals surface area contributed by atoms with Gasteiger partial charge in [0.2, 0.25) is 11.1 Å². The summed E-state index contributed by atoms with van der Waals surface area (Å²) < 4.78 is 1.31. The molecule has 1 aromatic carbocycles. The van der Waals surface area contributed by atoms with Crippen LogP contribution in [0.25, 0.3) is 11.4 Å². The first-order valence-corrected chi connectivity index (χ1v) is 9.11. The van der Waals surface area contributed by atoms with Crippen molar-refractivity contribution in [1.29, 1.82) is 5.26 Å². The molecule has 2 aromatic rings. The summed E-state index contributed by atoms with van der Waals surface area (Å²) in [4.78, 5) is 12.2. The highest BCUT2D eigenvalue weighted by atomic mass is 35.5. The molecule has 1 heterocycles. The van der Waals surface area contributed by atoms with Crippen LogP contribution in [0.2, 0.25) is 5.02 Å². The molecule has 1 saturated carbocycles. The van der Waals surface area contributed by atoms with Crippen LogP contribution in [0.1, 0.15) is 19.8 Å². The van der Waals surface area contributed by atoms with Gasteiger partial charge >= 0.3 is 0 Å². The average molecular weight is 377 g/mol. The molecule has 9 heteroatoms. The second-order valence-corrected chi connectivity index (χ2v) is 7.43. The zero-order chi connectivity index (χ0) is 18.0. The third-order valence-electron chi connectivity index (χ3n) is 4.14. The number of nitriles is 1. The maximum atomic E-state index is 12.2. The molecule has 1 aliphatic carbocycles. The summed E-state index contributed by atoms with van der Waals surface area (Å²) >= 11 is 7.31. The number of aromatic nitrogens is 3. The molecule has 0 bridgehead atoms. The van der Waals surface area contributed by atoms with Crippen molar-refractivity contribution >= 4 is 29.3 Å². The number of nitrogen functional groups attached to an aromatic ring is 1. The van der Waals surface area contributed by atoms with E-state index in [-0.39, 0.29) is 17.6 Å². The third kappa shape index (κ3) is 3.72. The third-order valence-corrected chi connectivity index (χ3v) is 5.41. The Balaban J connectivity index is 1.66. The molecule has 1 fully saturated rings. The number of benzene rings is 1. The smallest absolute Gasteiger partial charge is 0.231 e. The lowest BCUT2D eigenvalue weighted by atomic mass is 9.98. The van der Waals surface area contributed by atoms with Crippen molar-refractivity contribution in [3.8, 4) is 17.5 Å². The Labute approximate surface area is 154 Å². The zero-order valence-corrected chi connectivity index (χ0v) is 15.1. The maximum absolute atomic E-state index is 12.2. The lowest BCUT2D eigenvalue weighted by Crippen LogP contribution is -2.47.